The minimum atomic E-state index is -3.58. The maximum absolute atomic E-state index is 11.0. The van der Waals surface area contributed by atoms with Gasteiger partial charge in [0.2, 0.25) is 9.05 Å². The molecule has 0 amide bonds. The molecule has 2 aromatic rings. The molecule has 0 fully saturated rings. The van der Waals surface area contributed by atoms with Gasteiger partial charge in [0.05, 0.1) is 12.9 Å². The van der Waals surface area contributed by atoms with Gasteiger partial charge in [0.15, 0.2) is 11.3 Å². The molecule has 0 atom stereocenters. The topological polar surface area (TPSA) is 56.5 Å². The molecule has 0 aliphatic rings. The van der Waals surface area contributed by atoms with Gasteiger partial charge >= 0.3 is 0 Å². The Balaban J connectivity index is 2.59. The van der Waals surface area contributed by atoms with E-state index < -0.39 is 9.05 Å². The molecule has 1 heterocycles. The van der Waals surface area contributed by atoms with Crippen molar-refractivity contribution in [1.82, 2.24) is 0 Å². The monoisotopic (exact) mass is 274 g/mol. The zero-order valence-electron chi connectivity index (χ0n) is 9.36. The molecule has 0 aliphatic heterocycles. The minimum Gasteiger partial charge on any atom is -0.493 e. The van der Waals surface area contributed by atoms with Crippen LogP contribution >= 0.6 is 10.7 Å². The van der Waals surface area contributed by atoms with Crippen LogP contribution in [0.3, 0.4) is 0 Å². The van der Waals surface area contributed by atoms with Crippen molar-refractivity contribution >= 4 is 30.7 Å². The summed E-state index contributed by atoms with van der Waals surface area (Å²) in [6.45, 7) is 1.82. The van der Waals surface area contributed by atoms with E-state index in [2.05, 4.69) is 0 Å². The van der Waals surface area contributed by atoms with Crippen molar-refractivity contribution < 1.29 is 17.6 Å². The van der Waals surface area contributed by atoms with Crippen LogP contribution in [0, 0.1) is 6.92 Å². The van der Waals surface area contributed by atoms with Gasteiger partial charge in [-0.2, -0.15) is 0 Å². The van der Waals surface area contributed by atoms with Crippen LogP contribution in [0.1, 0.15) is 11.3 Å². The number of hydrogen-bond donors (Lipinski definition) is 0. The third kappa shape index (κ3) is 2.73. The van der Waals surface area contributed by atoms with Gasteiger partial charge in [0.25, 0.3) is 0 Å². The third-order valence-electron chi connectivity index (χ3n) is 2.32. The average molecular weight is 275 g/mol. The van der Waals surface area contributed by atoms with Gasteiger partial charge in [-0.1, -0.05) is 0 Å². The Morgan fingerprint density at radius 3 is 2.65 bits per heavy atom. The summed E-state index contributed by atoms with van der Waals surface area (Å²) < 4.78 is 32.7. The smallest absolute Gasteiger partial charge is 0.236 e. The number of methoxy groups -OCH3 is 1. The molecule has 17 heavy (non-hydrogen) atoms. The summed E-state index contributed by atoms with van der Waals surface area (Å²) in [5.41, 5.74) is 1.19. The number of rotatable bonds is 3. The number of benzene rings is 1. The molecule has 1 aromatic heterocycles. The fraction of sp³-hybridized carbons (Fsp3) is 0.273. The van der Waals surface area contributed by atoms with E-state index in [9.17, 15) is 8.42 Å². The van der Waals surface area contributed by atoms with Gasteiger partial charge in [0.1, 0.15) is 5.76 Å². The fourth-order valence-electron chi connectivity index (χ4n) is 1.74. The van der Waals surface area contributed by atoms with Gasteiger partial charge in [-0.15, -0.1) is 0 Å². The first kappa shape index (κ1) is 12.3. The number of ether oxygens (including phenoxy) is 1. The molecular weight excluding hydrogens is 264 g/mol. The highest BCUT2D eigenvalue weighted by Crippen LogP contribution is 2.31. The van der Waals surface area contributed by atoms with Crippen LogP contribution in [-0.4, -0.2) is 15.5 Å². The first-order chi connectivity index (χ1) is 7.89. The van der Waals surface area contributed by atoms with Crippen molar-refractivity contribution in [3.8, 4) is 5.75 Å². The summed E-state index contributed by atoms with van der Waals surface area (Å²) in [5, 5.41) is 0.803. The second kappa shape index (κ2) is 4.23. The molecule has 6 heteroatoms. The van der Waals surface area contributed by atoms with Crippen molar-refractivity contribution in [2.24, 2.45) is 0 Å². The molecule has 1 aromatic carbocycles. The maximum atomic E-state index is 11.0. The highest BCUT2D eigenvalue weighted by atomic mass is 35.7. The van der Waals surface area contributed by atoms with E-state index in [1.165, 1.54) is 7.11 Å². The third-order valence-corrected chi connectivity index (χ3v) is 3.33. The molecule has 0 aliphatic carbocycles. The van der Waals surface area contributed by atoms with Crippen LogP contribution in [-0.2, 0) is 14.8 Å². The lowest BCUT2D eigenvalue weighted by atomic mass is 10.1. The molecule has 0 unspecified atom stereocenters. The van der Waals surface area contributed by atoms with Crippen LogP contribution in [0.5, 0.6) is 5.75 Å². The second-order valence-corrected chi connectivity index (χ2v) is 6.53. The maximum Gasteiger partial charge on any atom is 0.236 e. The second-order valence-electron chi connectivity index (χ2n) is 3.76. The van der Waals surface area contributed by atoms with Crippen molar-refractivity contribution in [2.75, 3.05) is 7.11 Å². The molecule has 0 spiro atoms. The van der Waals surface area contributed by atoms with Crippen molar-refractivity contribution in [2.45, 2.75) is 12.7 Å². The van der Waals surface area contributed by atoms with Crippen LogP contribution in [0.15, 0.2) is 22.6 Å². The standard InChI is InChI=1S/C11H11ClO4S/c1-7-3-9-4-8(6-17(12,13)14)5-10(15-2)11(9)16-7/h3-5H,6H2,1-2H3. The molecule has 92 valence electrons. The summed E-state index contributed by atoms with van der Waals surface area (Å²) in [4.78, 5) is 0. The number of furan rings is 1. The van der Waals surface area contributed by atoms with E-state index in [0.29, 0.717) is 16.9 Å². The van der Waals surface area contributed by atoms with Crippen LogP contribution < -0.4 is 4.74 Å². The number of hydrogen-bond acceptors (Lipinski definition) is 4. The van der Waals surface area contributed by atoms with Gasteiger partial charge in [-0.25, -0.2) is 8.42 Å². The normalized spacial score (nSPS) is 11.9. The van der Waals surface area contributed by atoms with Crippen LogP contribution in [0.4, 0.5) is 0 Å². The molecule has 4 nitrogen and oxygen atoms in total. The first-order valence-electron chi connectivity index (χ1n) is 4.88. The van der Waals surface area contributed by atoms with Gasteiger partial charge in [-0.05, 0) is 30.7 Å². The molecule has 0 saturated carbocycles. The van der Waals surface area contributed by atoms with Gasteiger partial charge in [0, 0.05) is 16.1 Å². The zero-order valence-corrected chi connectivity index (χ0v) is 10.9. The quantitative estimate of drug-likeness (QED) is 0.808. The number of aryl methyl sites for hydroxylation is 1. The average Bonchev–Trinajstić information content (AvgIpc) is 2.54. The molecule has 0 radical (unpaired) electrons. The lowest BCUT2D eigenvalue weighted by Gasteiger charge is -2.04. The van der Waals surface area contributed by atoms with E-state index in [0.717, 1.165) is 11.1 Å². The molecule has 0 saturated heterocycles. The molecular formula is C11H11ClO4S. The Morgan fingerprint density at radius 2 is 2.06 bits per heavy atom. The Bertz CT molecular complexity index is 657. The van der Waals surface area contributed by atoms with E-state index in [1.807, 2.05) is 13.0 Å². The molecule has 0 N–H and O–H groups in total. The number of fused-ring (bicyclic) bond motifs is 1. The van der Waals surface area contributed by atoms with Gasteiger partial charge < -0.3 is 9.15 Å². The summed E-state index contributed by atoms with van der Waals surface area (Å²) in [6, 6.07) is 5.17. The summed E-state index contributed by atoms with van der Waals surface area (Å²) >= 11 is 0. The van der Waals surface area contributed by atoms with E-state index in [-0.39, 0.29) is 5.75 Å². The van der Waals surface area contributed by atoms with Gasteiger partial charge in [-0.3, -0.25) is 0 Å². The predicted octanol–water partition coefficient (Wildman–Crippen LogP) is 2.82. The first-order valence-corrected chi connectivity index (χ1v) is 7.36. The number of halogens is 1. The Labute approximate surface area is 104 Å². The predicted molar refractivity (Wildman–Crippen MR) is 66.0 cm³/mol. The molecule has 2 rings (SSSR count). The van der Waals surface area contributed by atoms with E-state index in [4.69, 9.17) is 19.8 Å². The minimum absolute atomic E-state index is 0.231. The van der Waals surface area contributed by atoms with Crippen molar-refractivity contribution in [1.29, 1.82) is 0 Å². The zero-order chi connectivity index (χ0) is 12.6. The van der Waals surface area contributed by atoms with Crippen molar-refractivity contribution in [3.05, 3.63) is 29.5 Å². The Kier molecular flexibility index (Phi) is 3.05. The lowest BCUT2D eigenvalue weighted by molar-refractivity contribution is 0.408. The Hall–Kier alpha value is -1.20. The highest BCUT2D eigenvalue weighted by molar-refractivity contribution is 8.13. The fourth-order valence-corrected chi connectivity index (χ4v) is 2.69. The van der Waals surface area contributed by atoms with E-state index in [1.54, 1.807) is 12.1 Å². The van der Waals surface area contributed by atoms with Crippen LogP contribution in [0.2, 0.25) is 0 Å². The SMILES string of the molecule is COc1cc(CS(=O)(=O)Cl)cc2cc(C)oc12. The van der Waals surface area contributed by atoms with E-state index >= 15 is 0 Å². The summed E-state index contributed by atoms with van der Waals surface area (Å²) in [6.07, 6.45) is 0. The Morgan fingerprint density at radius 1 is 1.35 bits per heavy atom. The lowest BCUT2D eigenvalue weighted by Crippen LogP contribution is -1.95. The van der Waals surface area contributed by atoms with Crippen LogP contribution in [0.25, 0.3) is 11.0 Å². The highest BCUT2D eigenvalue weighted by Gasteiger charge is 2.13. The molecule has 0 bridgehead atoms. The summed E-state index contributed by atoms with van der Waals surface area (Å²) in [7, 11) is 3.16. The van der Waals surface area contributed by atoms with Crippen molar-refractivity contribution in [3.63, 3.8) is 0 Å². The summed E-state index contributed by atoms with van der Waals surface area (Å²) in [5.74, 6) is 1.01. The largest absolute Gasteiger partial charge is 0.493 e.